The van der Waals surface area contributed by atoms with E-state index in [1.54, 1.807) is 0 Å². The standard InChI is InChI=1S/C18H15BrN2O2/c1-23-18(22)15-9-12-7-8-13(19)10-16(12)21-17(15)11-20-14-5-3-2-4-6-14/h2-10,20H,11H2,1H3. The number of benzene rings is 2. The van der Waals surface area contributed by atoms with Crippen LogP contribution in [0, 0.1) is 0 Å². The first kappa shape index (κ1) is 15.5. The predicted octanol–water partition coefficient (Wildman–Crippen LogP) is 4.40. The van der Waals surface area contributed by atoms with Gasteiger partial charge in [0.25, 0.3) is 0 Å². The molecule has 1 N–H and O–H groups in total. The molecule has 116 valence electrons. The van der Waals surface area contributed by atoms with Crippen LogP contribution in [0.5, 0.6) is 0 Å². The second kappa shape index (κ2) is 6.79. The number of ether oxygens (including phenoxy) is 1. The highest BCUT2D eigenvalue weighted by molar-refractivity contribution is 9.10. The summed E-state index contributed by atoms with van der Waals surface area (Å²) in [4.78, 5) is 16.7. The van der Waals surface area contributed by atoms with Crippen molar-refractivity contribution in [3.05, 3.63) is 70.3 Å². The summed E-state index contributed by atoms with van der Waals surface area (Å²) in [6, 6.07) is 17.4. The number of nitrogens with one attached hydrogen (secondary N) is 1. The smallest absolute Gasteiger partial charge is 0.339 e. The predicted molar refractivity (Wildman–Crippen MR) is 94.6 cm³/mol. The molecule has 0 bridgehead atoms. The van der Waals surface area contributed by atoms with E-state index in [4.69, 9.17) is 4.74 Å². The lowest BCUT2D eigenvalue weighted by atomic mass is 10.1. The molecule has 5 heteroatoms. The van der Waals surface area contributed by atoms with Crippen molar-refractivity contribution in [3.8, 4) is 0 Å². The first-order chi connectivity index (χ1) is 11.2. The number of esters is 1. The molecule has 0 saturated heterocycles. The van der Waals surface area contributed by atoms with Gasteiger partial charge in [0.05, 0.1) is 30.4 Å². The zero-order valence-electron chi connectivity index (χ0n) is 12.5. The largest absolute Gasteiger partial charge is 0.465 e. The van der Waals surface area contributed by atoms with E-state index in [1.165, 1.54) is 7.11 Å². The molecule has 0 saturated carbocycles. The lowest BCUT2D eigenvalue weighted by Gasteiger charge is -2.11. The van der Waals surface area contributed by atoms with E-state index in [9.17, 15) is 4.79 Å². The Morgan fingerprint density at radius 1 is 1.17 bits per heavy atom. The van der Waals surface area contributed by atoms with E-state index >= 15 is 0 Å². The number of methoxy groups -OCH3 is 1. The number of aromatic nitrogens is 1. The zero-order valence-corrected chi connectivity index (χ0v) is 14.1. The summed E-state index contributed by atoms with van der Waals surface area (Å²) in [5.74, 6) is -0.382. The molecule has 0 aliphatic rings. The third-order valence-corrected chi connectivity index (χ3v) is 3.99. The molecular formula is C18H15BrN2O2. The van der Waals surface area contributed by atoms with Crippen LogP contribution in [0.15, 0.2) is 59.1 Å². The fourth-order valence-corrected chi connectivity index (χ4v) is 2.69. The Hall–Kier alpha value is -2.40. The highest BCUT2D eigenvalue weighted by Gasteiger charge is 2.15. The minimum absolute atomic E-state index is 0.382. The summed E-state index contributed by atoms with van der Waals surface area (Å²) in [6.45, 7) is 0.441. The van der Waals surface area contributed by atoms with Gasteiger partial charge in [-0.3, -0.25) is 4.98 Å². The summed E-state index contributed by atoms with van der Waals surface area (Å²) < 4.78 is 5.83. The molecule has 23 heavy (non-hydrogen) atoms. The van der Waals surface area contributed by atoms with Gasteiger partial charge in [-0.05, 0) is 30.3 Å². The molecule has 0 aliphatic heterocycles. The van der Waals surface area contributed by atoms with Gasteiger partial charge in [0.2, 0.25) is 0 Å². The van der Waals surface area contributed by atoms with Crippen molar-refractivity contribution in [3.63, 3.8) is 0 Å². The van der Waals surface area contributed by atoms with E-state index in [0.29, 0.717) is 17.8 Å². The molecule has 3 aromatic rings. The second-order valence-electron chi connectivity index (χ2n) is 5.03. The van der Waals surface area contributed by atoms with Gasteiger partial charge < -0.3 is 10.1 Å². The highest BCUT2D eigenvalue weighted by Crippen LogP contribution is 2.22. The van der Waals surface area contributed by atoms with Gasteiger partial charge in [-0.15, -0.1) is 0 Å². The third kappa shape index (κ3) is 3.51. The van der Waals surface area contributed by atoms with E-state index in [1.807, 2.05) is 54.6 Å². The first-order valence-electron chi connectivity index (χ1n) is 7.14. The molecule has 3 rings (SSSR count). The monoisotopic (exact) mass is 370 g/mol. The van der Waals surface area contributed by atoms with Crippen LogP contribution in [-0.4, -0.2) is 18.1 Å². The molecule has 0 unspecified atom stereocenters. The Balaban J connectivity index is 1.99. The topological polar surface area (TPSA) is 51.2 Å². The van der Waals surface area contributed by atoms with Gasteiger partial charge in [0, 0.05) is 15.5 Å². The Morgan fingerprint density at radius 3 is 2.70 bits per heavy atom. The molecule has 0 amide bonds. The molecule has 0 fully saturated rings. The number of halogens is 1. The Bertz CT molecular complexity index is 850. The van der Waals surface area contributed by atoms with Crippen LogP contribution >= 0.6 is 15.9 Å². The van der Waals surface area contributed by atoms with Crippen LogP contribution in [0.3, 0.4) is 0 Å². The van der Waals surface area contributed by atoms with Gasteiger partial charge in [-0.1, -0.05) is 40.2 Å². The molecule has 0 spiro atoms. The Labute approximate surface area is 142 Å². The minimum Gasteiger partial charge on any atom is -0.465 e. The number of carbonyl (C=O) groups is 1. The van der Waals surface area contributed by atoms with Crippen LogP contribution in [-0.2, 0) is 11.3 Å². The second-order valence-corrected chi connectivity index (χ2v) is 5.95. The summed E-state index contributed by atoms with van der Waals surface area (Å²) >= 11 is 3.45. The molecule has 1 heterocycles. The fraction of sp³-hybridized carbons (Fsp3) is 0.111. The number of hydrogen-bond donors (Lipinski definition) is 1. The third-order valence-electron chi connectivity index (χ3n) is 3.50. The molecule has 0 aliphatic carbocycles. The molecule has 0 atom stereocenters. The number of rotatable bonds is 4. The average Bonchev–Trinajstić information content (AvgIpc) is 2.59. The highest BCUT2D eigenvalue weighted by atomic mass is 79.9. The van der Waals surface area contributed by atoms with Crippen LogP contribution < -0.4 is 5.32 Å². The number of hydrogen-bond acceptors (Lipinski definition) is 4. The first-order valence-corrected chi connectivity index (χ1v) is 7.93. The van der Waals surface area contributed by atoms with Crippen molar-refractivity contribution in [2.45, 2.75) is 6.54 Å². The normalized spacial score (nSPS) is 10.5. The summed E-state index contributed by atoms with van der Waals surface area (Å²) in [7, 11) is 1.38. The maximum Gasteiger partial charge on any atom is 0.339 e. The number of fused-ring (bicyclic) bond motifs is 1. The van der Waals surface area contributed by atoms with Gasteiger partial charge >= 0.3 is 5.97 Å². The molecule has 1 aromatic heterocycles. The van der Waals surface area contributed by atoms with Crippen molar-refractivity contribution in [2.24, 2.45) is 0 Å². The van der Waals surface area contributed by atoms with Crippen molar-refractivity contribution in [1.29, 1.82) is 0 Å². The number of anilines is 1. The van der Waals surface area contributed by atoms with Crippen molar-refractivity contribution < 1.29 is 9.53 Å². The van der Waals surface area contributed by atoms with E-state index < -0.39 is 0 Å². The van der Waals surface area contributed by atoms with Gasteiger partial charge in [-0.25, -0.2) is 4.79 Å². The number of pyridine rings is 1. The number of para-hydroxylation sites is 1. The fourth-order valence-electron chi connectivity index (χ4n) is 2.34. The molecule has 2 aromatic carbocycles. The van der Waals surface area contributed by atoms with Gasteiger partial charge in [-0.2, -0.15) is 0 Å². The quantitative estimate of drug-likeness (QED) is 0.691. The SMILES string of the molecule is COC(=O)c1cc2ccc(Br)cc2nc1CNc1ccccc1. The maximum absolute atomic E-state index is 12.1. The van der Waals surface area contributed by atoms with Crippen LogP contribution in [0.1, 0.15) is 16.1 Å². The lowest BCUT2D eigenvalue weighted by Crippen LogP contribution is -2.11. The van der Waals surface area contributed by atoms with Crippen LogP contribution in [0.25, 0.3) is 10.9 Å². The zero-order chi connectivity index (χ0) is 16.2. The summed E-state index contributed by atoms with van der Waals surface area (Å²) in [6.07, 6.45) is 0. The average molecular weight is 371 g/mol. The summed E-state index contributed by atoms with van der Waals surface area (Å²) in [5, 5.41) is 4.18. The van der Waals surface area contributed by atoms with Crippen molar-refractivity contribution in [1.82, 2.24) is 4.98 Å². The van der Waals surface area contributed by atoms with Gasteiger partial charge in [0.1, 0.15) is 0 Å². The molecule has 4 nitrogen and oxygen atoms in total. The molecular weight excluding hydrogens is 356 g/mol. The number of nitrogens with zero attached hydrogens (tertiary/aromatic N) is 1. The molecule has 0 radical (unpaired) electrons. The Morgan fingerprint density at radius 2 is 1.96 bits per heavy atom. The lowest BCUT2D eigenvalue weighted by molar-refractivity contribution is 0.0599. The van der Waals surface area contributed by atoms with Crippen LogP contribution in [0.2, 0.25) is 0 Å². The minimum atomic E-state index is -0.382. The van der Waals surface area contributed by atoms with E-state index in [-0.39, 0.29) is 5.97 Å². The van der Waals surface area contributed by atoms with E-state index in [0.717, 1.165) is 21.1 Å². The number of carbonyl (C=O) groups excluding carboxylic acids is 1. The van der Waals surface area contributed by atoms with Crippen LogP contribution in [0.4, 0.5) is 5.69 Å². The van der Waals surface area contributed by atoms with Crippen molar-refractivity contribution >= 4 is 38.5 Å². The Kier molecular flexibility index (Phi) is 4.57. The van der Waals surface area contributed by atoms with E-state index in [2.05, 4.69) is 26.2 Å². The van der Waals surface area contributed by atoms with Gasteiger partial charge in [0.15, 0.2) is 0 Å². The summed E-state index contributed by atoms with van der Waals surface area (Å²) in [5.41, 5.74) is 2.94. The van der Waals surface area contributed by atoms with Crippen molar-refractivity contribution in [2.75, 3.05) is 12.4 Å². The maximum atomic E-state index is 12.1.